The number of methoxy groups -OCH3 is 2. The molecule has 9 nitrogen and oxygen atoms in total. The van der Waals surface area contributed by atoms with Crippen LogP contribution in [0.3, 0.4) is 0 Å². The molecule has 0 spiro atoms. The van der Waals surface area contributed by atoms with Gasteiger partial charge in [0.25, 0.3) is 0 Å². The predicted molar refractivity (Wildman–Crippen MR) is 121 cm³/mol. The van der Waals surface area contributed by atoms with Crippen molar-refractivity contribution in [3.63, 3.8) is 0 Å². The van der Waals surface area contributed by atoms with E-state index in [1.54, 1.807) is 38.2 Å². The Kier molecular flexibility index (Phi) is 7.98. The van der Waals surface area contributed by atoms with Gasteiger partial charge in [-0.05, 0) is 38.6 Å². The maximum atomic E-state index is 13.2. The zero-order valence-electron chi connectivity index (χ0n) is 19.6. The smallest absolute Gasteiger partial charge is 0.338 e. The summed E-state index contributed by atoms with van der Waals surface area (Å²) in [6.45, 7) is 8.53. The molecule has 0 saturated carbocycles. The number of likely N-dealkylation sites (N-methyl/N-ethyl adjacent to an activating group) is 2. The molecule has 176 valence electrons. The number of carbonyl (C=O) groups is 2. The second kappa shape index (κ2) is 10.7. The summed E-state index contributed by atoms with van der Waals surface area (Å²) in [6, 6.07) is 4.52. The lowest BCUT2D eigenvalue weighted by Gasteiger charge is -2.40. The zero-order chi connectivity index (χ0) is 23.3. The molecule has 1 aromatic rings. The van der Waals surface area contributed by atoms with Crippen LogP contribution in [-0.4, -0.2) is 93.8 Å². The number of piperazine rings is 1. The summed E-state index contributed by atoms with van der Waals surface area (Å²) in [5.74, 6) is 0.684. The van der Waals surface area contributed by atoms with Crippen molar-refractivity contribution in [3.05, 3.63) is 35.0 Å². The highest BCUT2D eigenvalue weighted by atomic mass is 16.5. The van der Waals surface area contributed by atoms with E-state index < -0.39 is 12.0 Å². The summed E-state index contributed by atoms with van der Waals surface area (Å²) in [5.41, 5.74) is 1.88. The normalized spacial score (nSPS) is 20.2. The topological polar surface area (TPSA) is 83.6 Å². The quantitative estimate of drug-likeness (QED) is 0.610. The number of urea groups is 1. The van der Waals surface area contributed by atoms with Gasteiger partial charge in [0, 0.05) is 45.0 Å². The predicted octanol–water partition coefficient (Wildman–Crippen LogP) is 1.85. The van der Waals surface area contributed by atoms with Gasteiger partial charge >= 0.3 is 12.0 Å². The van der Waals surface area contributed by atoms with Crippen molar-refractivity contribution in [2.45, 2.75) is 19.9 Å². The van der Waals surface area contributed by atoms with Crippen LogP contribution in [0.4, 0.5) is 4.79 Å². The Morgan fingerprint density at radius 1 is 1.09 bits per heavy atom. The van der Waals surface area contributed by atoms with E-state index in [-0.39, 0.29) is 12.6 Å². The van der Waals surface area contributed by atoms with E-state index in [1.807, 2.05) is 13.0 Å². The largest absolute Gasteiger partial charge is 0.493 e. The van der Waals surface area contributed by atoms with E-state index in [9.17, 15) is 9.59 Å². The fraction of sp³-hybridized carbons (Fsp3) is 0.565. The highest BCUT2D eigenvalue weighted by Gasteiger charge is 2.38. The van der Waals surface area contributed by atoms with Gasteiger partial charge in [0.05, 0.1) is 32.4 Å². The number of nitrogens with zero attached hydrogens (tertiary/aromatic N) is 3. The van der Waals surface area contributed by atoms with Crippen LogP contribution in [0, 0.1) is 0 Å². The molecule has 1 saturated heterocycles. The molecular formula is C23H34N4O5. The van der Waals surface area contributed by atoms with Crippen molar-refractivity contribution in [1.29, 1.82) is 0 Å². The Morgan fingerprint density at radius 2 is 1.78 bits per heavy atom. The van der Waals surface area contributed by atoms with Crippen LogP contribution >= 0.6 is 0 Å². The molecule has 2 aliphatic heterocycles. The average molecular weight is 447 g/mol. The summed E-state index contributed by atoms with van der Waals surface area (Å²) < 4.78 is 16.2. The standard InChI is InChI=1S/C23H34N4O5/c1-6-27-17(15-26-12-10-25(3)11-13-26)20(22(28)32-7-2)21(24-23(27)29)16-8-9-18(30-4)19(14-16)31-5/h8-9,14,21H,6-7,10-13,15H2,1-5H3,(H,24,29). The van der Waals surface area contributed by atoms with Crippen molar-refractivity contribution in [3.8, 4) is 11.5 Å². The molecule has 2 aliphatic rings. The monoisotopic (exact) mass is 446 g/mol. The van der Waals surface area contributed by atoms with E-state index in [2.05, 4.69) is 22.2 Å². The minimum absolute atomic E-state index is 0.232. The third-order valence-corrected chi connectivity index (χ3v) is 5.96. The first kappa shape index (κ1) is 23.9. The zero-order valence-corrected chi connectivity index (χ0v) is 19.6. The van der Waals surface area contributed by atoms with E-state index in [0.717, 1.165) is 31.7 Å². The third kappa shape index (κ3) is 4.99. The first-order valence-electron chi connectivity index (χ1n) is 11.0. The molecule has 1 N–H and O–H groups in total. The number of nitrogens with one attached hydrogen (secondary N) is 1. The van der Waals surface area contributed by atoms with Crippen molar-refractivity contribution in [1.82, 2.24) is 20.0 Å². The van der Waals surface area contributed by atoms with Crippen molar-refractivity contribution in [2.24, 2.45) is 0 Å². The number of ether oxygens (including phenoxy) is 3. The molecule has 1 unspecified atom stereocenters. The van der Waals surface area contributed by atoms with E-state index in [0.29, 0.717) is 35.9 Å². The lowest BCUT2D eigenvalue weighted by atomic mass is 9.93. The number of amides is 2. The molecule has 1 fully saturated rings. The Hall–Kier alpha value is -2.78. The molecule has 0 radical (unpaired) electrons. The van der Waals surface area contributed by atoms with Crippen molar-refractivity contribution >= 4 is 12.0 Å². The second-order valence-electron chi connectivity index (χ2n) is 7.90. The van der Waals surface area contributed by atoms with Crippen LogP contribution in [-0.2, 0) is 9.53 Å². The van der Waals surface area contributed by atoms with Gasteiger partial charge in [0.1, 0.15) is 0 Å². The maximum absolute atomic E-state index is 13.2. The highest BCUT2D eigenvalue weighted by molar-refractivity contribution is 5.95. The molecular weight excluding hydrogens is 412 g/mol. The molecule has 9 heteroatoms. The van der Waals surface area contributed by atoms with Crippen LogP contribution in [0.1, 0.15) is 25.5 Å². The Morgan fingerprint density at radius 3 is 2.38 bits per heavy atom. The van der Waals surface area contributed by atoms with Gasteiger partial charge in [-0.1, -0.05) is 6.07 Å². The highest BCUT2D eigenvalue weighted by Crippen LogP contribution is 2.36. The van der Waals surface area contributed by atoms with E-state index >= 15 is 0 Å². The number of hydrogen-bond donors (Lipinski definition) is 1. The number of esters is 1. The SMILES string of the molecule is CCOC(=O)C1=C(CN2CCN(C)CC2)N(CC)C(=O)NC1c1ccc(OC)c(OC)c1. The Balaban J connectivity index is 2.08. The summed E-state index contributed by atoms with van der Waals surface area (Å²) in [4.78, 5) is 32.4. The number of rotatable bonds is 8. The molecule has 2 amide bonds. The fourth-order valence-electron chi connectivity index (χ4n) is 4.16. The minimum Gasteiger partial charge on any atom is -0.493 e. The van der Waals surface area contributed by atoms with Gasteiger partial charge in [-0.3, -0.25) is 9.80 Å². The van der Waals surface area contributed by atoms with Crippen molar-refractivity contribution in [2.75, 3.05) is 67.1 Å². The van der Waals surface area contributed by atoms with Gasteiger partial charge in [0.15, 0.2) is 11.5 Å². The van der Waals surface area contributed by atoms with E-state index in [1.165, 1.54) is 0 Å². The first-order valence-corrected chi connectivity index (χ1v) is 11.0. The number of hydrogen-bond acceptors (Lipinski definition) is 7. The summed E-state index contributed by atoms with van der Waals surface area (Å²) in [6.07, 6.45) is 0. The Labute approximate surface area is 189 Å². The summed E-state index contributed by atoms with van der Waals surface area (Å²) >= 11 is 0. The third-order valence-electron chi connectivity index (χ3n) is 5.96. The summed E-state index contributed by atoms with van der Waals surface area (Å²) in [7, 11) is 5.22. The van der Waals surface area contributed by atoms with Gasteiger partial charge in [-0.25, -0.2) is 9.59 Å². The molecule has 0 bridgehead atoms. The Bertz CT molecular complexity index is 864. The molecule has 3 rings (SSSR count). The number of benzene rings is 1. The summed E-state index contributed by atoms with van der Waals surface area (Å²) in [5, 5.41) is 2.99. The first-order chi connectivity index (χ1) is 15.4. The van der Waals surface area contributed by atoms with Crippen LogP contribution < -0.4 is 14.8 Å². The van der Waals surface area contributed by atoms with Crippen LogP contribution in [0.2, 0.25) is 0 Å². The van der Waals surface area contributed by atoms with Crippen LogP contribution in [0.15, 0.2) is 29.5 Å². The molecule has 2 heterocycles. The molecule has 1 atom stereocenters. The van der Waals surface area contributed by atoms with Crippen LogP contribution in [0.5, 0.6) is 11.5 Å². The van der Waals surface area contributed by atoms with Gasteiger partial charge in [-0.15, -0.1) is 0 Å². The fourth-order valence-corrected chi connectivity index (χ4v) is 4.16. The maximum Gasteiger partial charge on any atom is 0.338 e. The average Bonchev–Trinajstić information content (AvgIpc) is 2.80. The van der Waals surface area contributed by atoms with Crippen LogP contribution in [0.25, 0.3) is 0 Å². The molecule has 1 aromatic carbocycles. The minimum atomic E-state index is -0.647. The molecule has 32 heavy (non-hydrogen) atoms. The second-order valence-corrected chi connectivity index (χ2v) is 7.90. The molecule has 0 aromatic heterocycles. The lowest BCUT2D eigenvalue weighted by Crippen LogP contribution is -2.52. The van der Waals surface area contributed by atoms with E-state index in [4.69, 9.17) is 14.2 Å². The lowest BCUT2D eigenvalue weighted by molar-refractivity contribution is -0.139. The van der Waals surface area contributed by atoms with Crippen molar-refractivity contribution < 1.29 is 23.8 Å². The van der Waals surface area contributed by atoms with Gasteiger partial charge in [0.2, 0.25) is 0 Å². The van der Waals surface area contributed by atoms with Gasteiger partial charge in [-0.2, -0.15) is 0 Å². The number of carbonyl (C=O) groups excluding carboxylic acids is 2. The van der Waals surface area contributed by atoms with Gasteiger partial charge < -0.3 is 24.4 Å². The molecule has 0 aliphatic carbocycles.